The Morgan fingerprint density at radius 3 is 2.75 bits per heavy atom. The van der Waals surface area contributed by atoms with Crippen LogP contribution in [0.25, 0.3) is 0 Å². The molecule has 0 aromatic carbocycles. The Bertz CT molecular complexity index is 584. The summed E-state index contributed by atoms with van der Waals surface area (Å²) in [6.07, 6.45) is 7.82. The second-order valence-electron chi connectivity index (χ2n) is 6.52. The van der Waals surface area contributed by atoms with Crippen molar-refractivity contribution in [2.45, 2.75) is 38.5 Å². The molecule has 1 aromatic rings. The number of carbonyl (C=O) groups is 2. The van der Waals surface area contributed by atoms with Crippen molar-refractivity contribution in [1.29, 1.82) is 0 Å². The van der Waals surface area contributed by atoms with Gasteiger partial charge >= 0.3 is 0 Å². The maximum Gasteiger partial charge on any atom is 0.255 e. The number of amides is 2. The van der Waals surface area contributed by atoms with E-state index >= 15 is 0 Å². The van der Waals surface area contributed by atoms with Gasteiger partial charge in [0.05, 0.1) is 5.56 Å². The van der Waals surface area contributed by atoms with Crippen molar-refractivity contribution >= 4 is 17.6 Å². The van der Waals surface area contributed by atoms with E-state index in [0.29, 0.717) is 25.1 Å². The molecule has 24 heavy (non-hydrogen) atoms. The number of rotatable bonds is 5. The van der Waals surface area contributed by atoms with E-state index in [4.69, 9.17) is 0 Å². The molecule has 0 unspecified atom stereocenters. The average Bonchev–Trinajstić information content (AvgIpc) is 3.06. The van der Waals surface area contributed by atoms with Gasteiger partial charge in [-0.2, -0.15) is 0 Å². The van der Waals surface area contributed by atoms with E-state index in [1.54, 1.807) is 12.3 Å². The quantitative estimate of drug-likeness (QED) is 0.894. The summed E-state index contributed by atoms with van der Waals surface area (Å²) < 4.78 is 0. The van der Waals surface area contributed by atoms with Gasteiger partial charge in [-0.05, 0) is 37.8 Å². The average molecular weight is 330 g/mol. The molecule has 1 N–H and O–H groups in total. The van der Waals surface area contributed by atoms with E-state index in [-0.39, 0.29) is 11.8 Å². The van der Waals surface area contributed by atoms with Crippen molar-refractivity contribution in [3.05, 3.63) is 23.9 Å². The molecule has 3 rings (SSSR count). The molecular weight excluding hydrogens is 304 g/mol. The van der Waals surface area contributed by atoms with Gasteiger partial charge in [-0.1, -0.05) is 6.42 Å². The largest absolute Gasteiger partial charge is 0.356 e. The van der Waals surface area contributed by atoms with Crippen LogP contribution in [0.5, 0.6) is 0 Å². The highest BCUT2D eigenvalue weighted by Gasteiger charge is 2.21. The summed E-state index contributed by atoms with van der Waals surface area (Å²) in [6.45, 7) is 3.79. The number of carbonyl (C=O) groups excluding carboxylic acids is 2. The molecule has 2 amide bonds. The number of nitrogens with zero attached hydrogens (tertiary/aromatic N) is 3. The van der Waals surface area contributed by atoms with E-state index in [2.05, 4.69) is 15.2 Å². The molecule has 3 heterocycles. The SMILES string of the molecule is O=C(NCCN1CCCCCC1=O)c1cccnc1N1CCCC1. The van der Waals surface area contributed by atoms with E-state index in [0.717, 1.165) is 57.6 Å². The number of aromatic nitrogens is 1. The van der Waals surface area contributed by atoms with Crippen LogP contribution in [0.1, 0.15) is 48.9 Å². The monoisotopic (exact) mass is 330 g/mol. The van der Waals surface area contributed by atoms with Crippen molar-refractivity contribution in [3.63, 3.8) is 0 Å². The molecule has 0 radical (unpaired) electrons. The molecule has 0 saturated carbocycles. The lowest BCUT2D eigenvalue weighted by molar-refractivity contribution is -0.130. The summed E-state index contributed by atoms with van der Waals surface area (Å²) in [5.41, 5.74) is 0.626. The van der Waals surface area contributed by atoms with E-state index < -0.39 is 0 Å². The minimum atomic E-state index is -0.104. The second-order valence-corrected chi connectivity index (χ2v) is 6.52. The maximum absolute atomic E-state index is 12.5. The predicted molar refractivity (Wildman–Crippen MR) is 93.1 cm³/mol. The van der Waals surface area contributed by atoms with Crippen LogP contribution in [-0.4, -0.2) is 54.4 Å². The first-order valence-electron chi connectivity index (χ1n) is 9.01. The summed E-state index contributed by atoms with van der Waals surface area (Å²) in [7, 11) is 0. The minimum Gasteiger partial charge on any atom is -0.356 e. The lowest BCUT2D eigenvalue weighted by Gasteiger charge is -2.22. The molecule has 0 atom stereocenters. The molecule has 0 spiro atoms. The molecule has 6 nitrogen and oxygen atoms in total. The van der Waals surface area contributed by atoms with Gasteiger partial charge in [-0.25, -0.2) is 4.98 Å². The van der Waals surface area contributed by atoms with Gasteiger partial charge in [0.15, 0.2) is 0 Å². The van der Waals surface area contributed by atoms with E-state index in [9.17, 15) is 9.59 Å². The summed E-state index contributed by atoms with van der Waals surface area (Å²) in [5, 5.41) is 2.95. The van der Waals surface area contributed by atoms with E-state index in [1.807, 2.05) is 11.0 Å². The van der Waals surface area contributed by atoms with Gasteiger partial charge < -0.3 is 15.1 Å². The molecule has 2 fully saturated rings. The maximum atomic E-state index is 12.5. The van der Waals surface area contributed by atoms with E-state index in [1.165, 1.54) is 0 Å². The van der Waals surface area contributed by atoms with Crippen LogP contribution in [0.2, 0.25) is 0 Å². The molecule has 0 aliphatic carbocycles. The molecule has 2 aliphatic rings. The minimum absolute atomic E-state index is 0.104. The number of hydrogen-bond acceptors (Lipinski definition) is 4. The van der Waals surface area contributed by atoms with Gasteiger partial charge in [0, 0.05) is 45.3 Å². The van der Waals surface area contributed by atoms with Crippen LogP contribution in [0.4, 0.5) is 5.82 Å². The zero-order valence-corrected chi connectivity index (χ0v) is 14.2. The van der Waals surface area contributed by atoms with Crippen LogP contribution in [0.15, 0.2) is 18.3 Å². The molecule has 130 valence electrons. The number of nitrogens with one attached hydrogen (secondary N) is 1. The number of anilines is 1. The Hall–Kier alpha value is -2.11. The fourth-order valence-corrected chi connectivity index (χ4v) is 3.43. The molecular formula is C18H26N4O2. The highest BCUT2D eigenvalue weighted by molar-refractivity contribution is 5.98. The summed E-state index contributed by atoms with van der Waals surface area (Å²) >= 11 is 0. The Kier molecular flexibility index (Phi) is 5.67. The summed E-state index contributed by atoms with van der Waals surface area (Å²) in [5.74, 6) is 0.881. The zero-order valence-electron chi connectivity index (χ0n) is 14.2. The Morgan fingerprint density at radius 2 is 1.92 bits per heavy atom. The Balaban J connectivity index is 1.56. The Morgan fingerprint density at radius 1 is 1.12 bits per heavy atom. The van der Waals surface area contributed by atoms with Gasteiger partial charge in [-0.3, -0.25) is 9.59 Å². The number of likely N-dealkylation sites (tertiary alicyclic amines) is 1. The van der Waals surface area contributed by atoms with Gasteiger partial charge in [0.1, 0.15) is 5.82 Å². The lowest BCUT2D eigenvalue weighted by atomic mass is 10.2. The first-order valence-corrected chi connectivity index (χ1v) is 9.01. The van der Waals surface area contributed by atoms with Gasteiger partial charge in [0.2, 0.25) is 5.91 Å². The fourth-order valence-electron chi connectivity index (χ4n) is 3.43. The lowest BCUT2D eigenvalue weighted by Crippen LogP contribution is -2.38. The third-order valence-corrected chi connectivity index (χ3v) is 4.78. The van der Waals surface area contributed by atoms with Crippen LogP contribution < -0.4 is 10.2 Å². The first-order chi connectivity index (χ1) is 11.8. The van der Waals surface area contributed by atoms with Crippen molar-refractivity contribution in [2.75, 3.05) is 37.6 Å². The predicted octanol–water partition coefficient (Wildman–Crippen LogP) is 1.81. The normalized spacial score (nSPS) is 18.6. The first kappa shape index (κ1) is 16.7. The van der Waals surface area contributed by atoms with Crippen LogP contribution >= 0.6 is 0 Å². The smallest absolute Gasteiger partial charge is 0.255 e. The van der Waals surface area contributed by atoms with Crippen molar-refractivity contribution in [3.8, 4) is 0 Å². The number of hydrogen-bond donors (Lipinski definition) is 1. The highest BCUT2D eigenvalue weighted by atomic mass is 16.2. The third-order valence-electron chi connectivity index (χ3n) is 4.78. The number of pyridine rings is 1. The fraction of sp³-hybridized carbons (Fsp3) is 0.611. The third kappa shape index (κ3) is 4.04. The molecule has 2 saturated heterocycles. The standard InChI is InChI=1S/C18H26N4O2/c23-16-8-2-1-3-11-21(16)14-10-20-18(24)15-7-6-9-19-17(15)22-12-4-5-13-22/h6-7,9H,1-5,8,10-14H2,(H,20,24). The summed E-state index contributed by atoms with van der Waals surface area (Å²) in [6, 6.07) is 3.62. The Labute approximate surface area is 143 Å². The zero-order chi connectivity index (χ0) is 16.8. The molecule has 6 heteroatoms. The topological polar surface area (TPSA) is 65.5 Å². The van der Waals surface area contributed by atoms with Gasteiger partial charge in [-0.15, -0.1) is 0 Å². The van der Waals surface area contributed by atoms with Crippen molar-refractivity contribution in [1.82, 2.24) is 15.2 Å². The molecule has 1 aromatic heterocycles. The van der Waals surface area contributed by atoms with Crippen LogP contribution in [0, 0.1) is 0 Å². The molecule has 2 aliphatic heterocycles. The summed E-state index contributed by atoms with van der Waals surface area (Å²) in [4.78, 5) is 33.0. The van der Waals surface area contributed by atoms with Crippen LogP contribution in [0.3, 0.4) is 0 Å². The van der Waals surface area contributed by atoms with Crippen LogP contribution in [-0.2, 0) is 4.79 Å². The molecule has 0 bridgehead atoms. The van der Waals surface area contributed by atoms with Crippen molar-refractivity contribution < 1.29 is 9.59 Å². The second kappa shape index (κ2) is 8.13. The van der Waals surface area contributed by atoms with Gasteiger partial charge in [0.25, 0.3) is 5.91 Å². The highest BCUT2D eigenvalue weighted by Crippen LogP contribution is 2.21. The van der Waals surface area contributed by atoms with Crippen molar-refractivity contribution in [2.24, 2.45) is 0 Å².